The van der Waals surface area contributed by atoms with Crippen molar-refractivity contribution in [1.82, 2.24) is 14.5 Å². The molecule has 1 unspecified atom stereocenters. The second-order valence-corrected chi connectivity index (χ2v) is 7.68. The molecule has 4 nitrogen and oxygen atoms in total. The first-order chi connectivity index (χ1) is 12.7. The van der Waals surface area contributed by atoms with Gasteiger partial charge in [0.1, 0.15) is 11.6 Å². The van der Waals surface area contributed by atoms with Crippen LogP contribution in [0.5, 0.6) is 0 Å². The van der Waals surface area contributed by atoms with Crippen molar-refractivity contribution in [2.45, 2.75) is 51.1 Å². The van der Waals surface area contributed by atoms with Crippen LogP contribution < -0.4 is 0 Å². The lowest BCUT2D eigenvalue weighted by Crippen LogP contribution is -2.37. The van der Waals surface area contributed by atoms with Crippen molar-refractivity contribution in [1.29, 1.82) is 0 Å². The zero-order chi connectivity index (χ0) is 17.9. The fraction of sp³-hybridized carbons (Fsp3) is 0.571. The molecule has 2 saturated heterocycles. The van der Waals surface area contributed by atoms with Crippen molar-refractivity contribution in [3.63, 3.8) is 0 Å². The highest BCUT2D eigenvalue weighted by atomic mass is 19.1. The zero-order valence-corrected chi connectivity index (χ0v) is 15.5. The van der Waals surface area contributed by atoms with Crippen molar-refractivity contribution in [2.75, 3.05) is 26.3 Å². The molecule has 1 aromatic heterocycles. The molecule has 1 atom stereocenters. The Morgan fingerprint density at radius 2 is 2.08 bits per heavy atom. The van der Waals surface area contributed by atoms with Gasteiger partial charge in [-0.25, -0.2) is 9.37 Å². The monoisotopic (exact) mass is 357 g/mol. The molecule has 26 heavy (non-hydrogen) atoms. The summed E-state index contributed by atoms with van der Waals surface area (Å²) in [5.74, 6) is 1.60. The number of likely N-dealkylation sites (tertiary alicyclic amines) is 1. The van der Waals surface area contributed by atoms with Gasteiger partial charge in [0.05, 0.1) is 0 Å². The highest BCUT2D eigenvalue weighted by Crippen LogP contribution is 2.32. The van der Waals surface area contributed by atoms with E-state index >= 15 is 0 Å². The summed E-state index contributed by atoms with van der Waals surface area (Å²) >= 11 is 0. The summed E-state index contributed by atoms with van der Waals surface area (Å²) in [5.41, 5.74) is 2.31. The van der Waals surface area contributed by atoms with E-state index in [1.54, 1.807) is 12.1 Å². The molecule has 0 saturated carbocycles. The van der Waals surface area contributed by atoms with Crippen molar-refractivity contribution in [3.8, 4) is 0 Å². The van der Waals surface area contributed by atoms with Crippen LogP contribution in [-0.2, 0) is 11.3 Å². The number of aromatic nitrogens is 2. The van der Waals surface area contributed by atoms with Gasteiger partial charge in [-0.05, 0) is 56.8 Å². The highest BCUT2D eigenvalue weighted by molar-refractivity contribution is 5.16. The molecule has 140 valence electrons. The van der Waals surface area contributed by atoms with Crippen LogP contribution in [0.15, 0.2) is 30.5 Å². The van der Waals surface area contributed by atoms with Gasteiger partial charge < -0.3 is 9.30 Å². The van der Waals surface area contributed by atoms with Crippen molar-refractivity contribution in [3.05, 3.63) is 53.4 Å². The zero-order valence-electron chi connectivity index (χ0n) is 15.5. The molecular weight excluding hydrogens is 329 g/mol. The Bertz CT molecular complexity index is 739. The molecule has 0 N–H and O–H groups in total. The second kappa shape index (κ2) is 7.89. The lowest BCUT2D eigenvalue weighted by Gasteiger charge is -2.36. The van der Waals surface area contributed by atoms with E-state index in [9.17, 15) is 4.39 Å². The topological polar surface area (TPSA) is 30.3 Å². The van der Waals surface area contributed by atoms with Crippen LogP contribution in [0.1, 0.15) is 54.7 Å². The van der Waals surface area contributed by atoms with Crippen molar-refractivity contribution >= 4 is 0 Å². The van der Waals surface area contributed by atoms with Gasteiger partial charge in [0, 0.05) is 50.2 Å². The summed E-state index contributed by atoms with van der Waals surface area (Å²) in [6.07, 6.45) is 6.51. The van der Waals surface area contributed by atoms with E-state index in [1.165, 1.54) is 30.4 Å². The number of imidazole rings is 1. The minimum absolute atomic E-state index is 0.150. The first-order valence-corrected chi connectivity index (χ1v) is 9.79. The van der Waals surface area contributed by atoms with Gasteiger partial charge in [0.15, 0.2) is 0 Å². The van der Waals surface area contributed by atoms with Crippen LogP contribution in [0.3, 0.4) is 0 Å². The summed E-state index contributed by atoms with van der Waals surface area (Å²) in [5, 5.41) is 0. The van der Waals surface area contributed by atoms with Crippen LogP contribution in [0.2, 0.25) is 0 Å². The van der Waals surface area contributed by atoms with Gasteiger partial charge in [0.2, 0.25) is 0 Å². The minimum Gasteiger partial charge on any atom is -0.381 e. The number of aryl methyl sites for hydroxylation is 1. The second-order valence-electron chi connectivity index (χ2n) is 7.68. The quantitative estimate of drug-likeness (QED) is 0.827. The van der Waals surface area contributed by atoms with E-state index in [4.69, 9.17) is 9.72 Å². The lowest BCUT2D eigenvalue weighted by atomic mass is 9.97. The van der Waals surface area contributed by atoms with Gasteiger partial charge in [-0.3, -0.25) is 4.90 Å². The molecule has 2 aromatic rings. The maximum Gasteiger partial charge on any atom is 0.123 e. The molecular formula is C21H28FN3O. The Balaban J connectivity index is 1.50. The number of halogens is 1. The van der Waals surface area contributed by atoms with Crippen LogP contribution in [0, 0.1) is 12.7 Å². The summed E-state index contributed by atoms with van der Waals surface area (Å²) in [6, 6.07) is 7.44. The standard InChI is InChI=1S/C21H28FN3O/c1-16-13-23-21(18-7-10-26-11-8-18)25(16)20-6-3-9-24(15-20)14-17-4-2-5-19(22)12-17/h2,4-5,12-13,18,20H,3,6-11,14-15H2,1H3. The van der Waals surface area contributed by atoms with E-state index in [2.05, 4.69) is 16.4 Å². The van der Waals surface area contributed by atoms with E-state index in [-0.39, 0.29) is 5.82 Å². The van der Waals surface area contributed by atoms with Gasteiger partial charge in [0.25, 0.3) is 0 Å². The maximum absolute atomic E-state index is 13.5. The molecule has 4 rings (SSSR count). The summed E-state index contributed by atoms with van der Waals surface area (Å²) in [4.78, 5) is 7.23. The molecule has 0 amide bonds. The van der Waals surface area contributed by atoms with E-state index < -0.39 is 0 Å². The largest absolute Gasteiger partial charge is 0.381 e. The normalized spacial score (nSPS) is 22.6. The Morgan fingerprint density at radius 3 is 2.88 bits per heavy atom. The molecule has 0 radical (unpaired) electrons. The number of ether oxygens (including phenoxy) is 1. The molecule has 2 aliphatic heterocycles. The predicted octanol–water partition coefficient (Wildman–Crippen LogP) is 4.06. The Morgan fingerprint density at radius 1 is 1.23 bits per heavy atom. The fourth-order valence-electron chi connectivity index (χ4n) is 4.48. The van der Waals surface area contributed by atoms with Gasteiger partial charge >= 0.3 is 0 Å². The summed E-state index contributed by atoms with van der Waals surface area (Å²) < 4.78 is 21.5. The molecule has 0 bridgehead atoms. The Hall–Kier alpha value is -1.72. The van der Waals surface area contributed by atoms with E-state index in [0.717, 1.165) is 51.3 Å². The van der Waals surface area contributed by atoms with E-state index in [0.29, 0.717) is 12.0 Å². The maximum atomic E-state index is 13.5. The van der Waals surface area contributed by atoms with Gasteiger partial charge in [-0.15, -0.1) is 0 Å². The lowest BCUT2D eigenvalue weighted by molar-refractivity contribution is 0.0812. The van der Waals surface area contributed by atoms with E-state index in [1.807, 2.05) is 12.3 Å². The smallest absolute Gasteiger partial charge is 0.123 e. The number of benzene rings is 1. The first kappa shape index (κ1) is 17.7. The molecule has 5 heteroatoms. The number of piperidine rings is 1. The summed E-state index contributed by atoms with van der Waals surface area (Å²) in [7, 11) is 0. The first-order valence-electron chi connectivity index (χ1n) is 9.79. The predicted molar refractivity (Wildman–Crippen MR) is 99.7 cm³/mol. The van der Waals surface area contributed by atoms with Crippen molar-refractivity contribution in [2.24, 2.45) is 0 Å². The Kier molecular flexibility index (Phi) is 5.36. The van der Waals surface area contributed by atoms with Crippen LogP contribution in [-0.4, -0.2) is 40.8 Å². The van der Waals surface area contributed by atoms with Gasteiger partial charge in [-0.2, -0.15) is 0 Å². The highest BCUT2D eigenvalue weighted by Gasteiger charge is 2.28. The van der Waals surface area contributed by atoms with Crippen LogP contribution >= 0.6 is 0 Å². The van der Waals surface area contributed by atoms with Gasteiger partial charge in [-0.1, -0.05) is 12.1 Å². The molecule has 1 aromatic carbocycles. The van der Waals surface area contributed by atoms with Crippen molar-refractivity contribution < 1.29 is 9.13 Å². The number of hydrogen-bond donors (Lipinski definition) is 0. The molecule has 2 aliphatic rings. The van der Waals surface area contributed by atoms with Crippen LogP contribution in [0.25, 0.3) is 0 Å². The number of rotatable bonds is 4. The Labute approximate surface area is 155 Å². The minimum atomic E-state index is -0.150. The molecule has 2 fully saturated rings. The average Bonchev–Trinajstić information content (AvgIpc) is 3.04. The SMILES string of the molecule is Cc1cnc(C2CCOCC2)n1C1CCCN(Cc2cccc(F)c2)C1. The molecule has 0 spiro atoms. The number of hydrogen-bond acceptors (Lipinski definition) is 3. The molecule has 0 aliphatic carbocycles. The third kappa shape index (κ3) is 3.84. The third-order valence-electron chi connectivity index (χ3n) is 5.74. The number of nitrogens with zero attached hydrogens (tertiary/aromatic N) is 3. The fourth-order valence-corrected chi connectivity index (χ4v) is 4.48. The molecule has 3 heterocycles. The average molecular weight is 357 g/mol. The third-order valence-corrected chi connectivity index (χ3v) is 5.74. The summed E-state index contributed by atoms with van der Waals surface area (Å²) in [6.45, 7) is 6.74. The van der Waals surface area contributed by atoms with Crippen LogP contribution in [0.4, 0.5) is 4.39 Å².